The molecular formula is C14H23NO3. The number of ether oxygens (including phenoxy) is 2. The van der Waals surface area contributed by atoms with Crippen LogP contribution in [0.2, 0.25) is 0 Å². The summed E-state index contributed by atoms with van der Waals surface area (Å²) in [5, 5.41) is 12.0. The molecule has 1 aromatic carbocycles. The van der Waals surface area contributed by atoms with Crippen LogP contribution in [0.15, 0.2) is 24.3 Å². The smallest absolute Gasteiger partial charge is 0.119 e. The van der Waals surface area contributed by atoms with Gasteiger partial charge in [-0.05, 0) is 44.0 Å². The molecule has 0 aliphatic heterocycles. The normalized spacial score (nSPS) is 10.3. The summed E-state index contributed by atoms with van der Waals surface area (Å²) in [6.45, 7) is 5.03. The van der Waals surface area contributed by atoms with Crippen molar-refractivity contribution in [2.75, 3.05) is 38.3 Å². The van der Waals surface area contributed by atoms with Crippen LogP contribution in [0.25, 0.3) is 0 Å². The minimum Gasteiger partial charge on any atom is -0.491 e. The van der Waals surface area contributed by atoms with E-state index in [1.165, 1.54) is 0 Å². The molecule has 0 aromatic heterocycles. The fraction of sp³-hybridized carbons (Fsp3) is 0.571. The highest BCUT2D eigenvalue weighted by Crippen LogP contribution is 2.15. The molecule has 102 valence electrons. The van der Waals surface area contributed by atoms with E-state index < -0.39 is 0 Å². The molecule has 0 spiro atoms. The van der Waals surface area contributed by atoms with Crippen molar-refractivity contribution in [1.29, 1.82) is 0 Å². The number of unbranched alkanes of at least 4 members (excludes halogenated alkanes) is 1. The largest absolute Gasteiger partial charge is 0.491 e. The summed E-state index contributed by atoms with van der Waals surface area (Å²) < 4.78 is 10.7. The zero-order valence-corrected chi connectivity index (χ0v) is 11.0. The molecule has 0 heterocycles. The molecule has 0 aliphatic rings. The van der Waals surface area contributed by atoms with Gasteiger partial charge in [0.15, 0.2) is 0 Å². The van der Waals surface area contributed by atoms with Crippen molar-refractivity contribution in [3.05, 3.63) is 24.3 Å². The number of aliphatic hydroxyl groups excluding tert-OH is 1. The van der Waals surface area contributed by atoms with Gasteiger partial charge >= 0.3 is 0 Å². The monoisotopic (exact) mass is 253 g/mol. The molecule has 0 fully saturated rings. The Morgan fingerprint density at radius 3 is 2.56 bits per heavy atom. The van der Waals surface area contributed by atoms with Gasteiger partial charge in [0.2, 0.25) is 0 Å². The maximum atomic E-state index is 8.67. The van der Waals surface area contributed by atoms with Crippen LogP contribution in [0.1, 0.15) is 19.8 Å². The van der Waals surface area contributed by atoms with Gasteiger partial charge in [-0.3, -0.25) is 0 Å². The first-order valence-corrected chi connectivity index (χ1v) is 6.52. The third-order valence-corrected chi connectivity index (χ3v) is 2.47. The summed E-state index contributed by atoms with van der Waals surface area (Å²) in [5.74, 6) is 0.857. The summed E-state index contributed by atoms with van der Waals surface area (Å²) >= 11 is 0. The molecule has 2 N–H and O–H groups in total. The molecule has 0 saturated carbocycles. The highest BCUT2D eigenvalue weighted by molar-refractivity contribution is 5.46. The first-order chi connectivity index (χ1) is 8.86. The Morgan fingerprint density at radius 1 is 1.11 bits per heavy atom. The molecule has 4 heteroatoms. The van der Waals surface area contributed by atoms with Crippen LogP contribution in [0, 0.1) is 0 Å². The van der Waals surface area contributed by atoms with Gasteiger partial charge < -0.3 is 19.9 Å². The topological polar surface area (TPSA) is 50.7 Å². The number of aliphatic hydroxyl groups is 1. The van der Waals surface area contributed by atoms with Gasteiger partial charge in [0.1, 0.15) is 12.4 Å². The van der Waals surface area contributed by atoms with Crippen molar-refractivity contribution in [1.82, 2.24) is 0 Å². The molecule has 0 atom stereocenters. The SMILES string of the molecule is CCOCCOc1ccc(NCCCCO)cc1. The third kappa shape index (κ3) is 6.47. The molecule has 0 amide bonds. The van der Waals surface area contributed by atoms with E-state index in [1.807, 2.05) is 31.2 Å². The Hall–Kier alpha value is -1.26. The predicted molar refractivity (Wildman–Crippen MR) is 73.2 cm³/mol. The second-order valence-corrected chi connectivity index (χ2v) is 3.93. The Labute approximate surface area is 109 Å². The van der Waals surface area contributed by atoms with Crippen LogP contribution in [-0.2, 0) is 4.74 Å². The summed E-state index contributed by atoms with van der Waals surface area (Å²) in [6.07, 6.45) is 1.81. The first kappa shape index (κ1) is 14.8. The Morgan fingerprint density at radius 2 is 1.89 bits per heavy atom. The van der Waals surface area contributed by atoms with Gasteiger partial charge in [0.25, 0.3) is 0 Å². The second kappa shape index (κ2) is 9.74. The van der Waals surface area contributed by atoms with Gasteiger partial charge in [-0.2, -0.15) is 0 Å². The van der Waals surface area contributed by atoms with Crippen molar-refractivity contribution in [2.24, 2.45) is 0 Å². The van der Waals surface area contributed by atoms with E-state index in [1.54, 1.807) is 0 Å². The molecule has 0 bridgehead atoms. The quantitative estimate of drug-likeness (QED) is 0.628. The Bertz CT molecular complexity index is 269. The number of benzene rings is 1. The maximum Gasteiger partial charge on any atom is 0.119 e. The lowest BCUT2D eigenvalue weighted by Gasteiger charge is -2.08. The number of nitrogens with one attached hydrogen (secondary N) is 1. The van der Waals surface area contributed by atoms with Gasteiger partial charge in [-0.1, -0.05) is 0 Å². The van der Waals surface area contributed by atoms with E-state index in [0.717, 1.165) is 37.4 Å². The molecule has 18 heavy (non-hydrogen) atoms. The van der Waals surface area contributed by atoms with E-state index in [-0.39, 0.29) is 6.61 Å². The summed E-state index contributed by atoms with van der Waals surface area (Å²) in [4.78, 5) is 0. The first-order valence-electron chi connectivity index (χ1n) is 6.52. The number of anilines is 1. The fourth-order valence-corrected chi connectivity index (χ4v) is 1.50. The zero-order valence-electron chi connectivity index (χ0n) is 11.0. The maximum absolute atomic E-state index is 8.67. The van der Waals surface area contributed by atoms with Gasteiger partial charge in [-0.15, -0.1) is 0 Å². The predicted octanol–water partition coefficient (Wildman–Crippen LogP) is 2.29. The number of hydrogen-bond donors (Lipinski definition) is 2. The lowest BCUT2D eigenvalue weighted by molar-refractivity contribution is 0.110. The van der Waals surface area contributed by atoms with Gasteiger partial charge in [0, 0.05) is 25.4 Å². The van der Waals surface area contributed by atoms with Crippen molar-refractivity contribution in [3.63, 3.8) is 0 Å². The van der Waals surface area contributed by atoms with Crippen LogP contribution in [0.5, 0.6) is 5.75 Å². The Kier molecular flexibility index (Phi) is 8.01. The van der Waals surface area contributed by atoms with Gasteiger partial charge in [0.05, 0.1) is 6.61 Å². The van der Waals surface area contributed by atoms with Crippen LogP contribution in [-0.4, -0.2) is 38.1 Å². The van der Waals surface area contributed by atoms with Crippen LogP contribution in [0.4, 0.5) is 5.69 Å². The number of rotatable bonds is 10. The minimum absolute atomic E-state index is 0.258. The molecule has 0 radical (unpaired) electrons. The standard InChI is InChI=1S/C14H23NO3/c1-2-17-11-12-18-14-7-5-13(6-8-14)15-9-3-4-10-16/h5-8,15-16H,2-4,9-12H2,1H3. The van der Waals surface area contributed by atoms with Crippen LogP contribution < -0.4 is 10.1 Å². The molecule has 1 aromatic rings. The third-order valence-electron chi connectivity index (χ3n) is 2.47. The molecule has 0 aliphatic carbocycles. The average Bonchev–Trinajstić information content (AvgIpc) is 2.41. The second-order valence-electron chi connectivity index (χ2n) is 3.93. The van der Waals surface area contributed by atoms with Crippen molar-refractivity contribution >= 4 is 5.69 Å². The summed E-state index contributed by atoms with van der Waals surface area (Å²) in [5.41, 5.74) is 1.07. The van der Waals surface area contributed by atoms with E-state index in [2.05, 4.69) is 5.32 Å². The van der Waals surface area contributed by atoms with Gasteiger partial charge in [-0.25, -0.2) is 0 Å². The van der Waals surface area contributed by atoms with Crippen LogP contribution >= 0.6 is 0 Å². The summed E-state index contributed by atoms with van der Waals surface area (Å²) in [7, 11) is 0. The fourth-order valence-electron chi connectivity index (χ4n) is 1.50. The van der Waals surface area contributed by atoms with Crippen LogP contribution in [0.3, 0.4) is 0 Å². The molecule has 0 unspecified atom stereocenters. The molecular weight excluding hydrogens is 230 g/mol. The highest BCUT2D eigenvalue weighted by Gasteiger charge is 1.95. The molecule has 1 rings (SSSR count). The van der Waals surface area contributed by atoms with E-state index in [9.17, 15) is 0 Å². The summed E-state index contributed by atoms with van der Waals surface area (Å²) in [6, 6.07) is 7.88. The minimum atomic E-state index is 0.258. The molecule has 4 nitrogen and oxygen atoms in total. The van der Waals surface area contributed by atoms with Crippen molar-refractivity contribution < 1.29 is 14.6 Å². The number of hydrogen-bond acceptors (Lipinski definition) is 4. The van der Waals surface area contributed by atoms with Crippen molar-refractivity contribution in [3.8, 4) is 5.75 Å². The van der Waals surface area contributed by atoms with E-state index in [0.29, 0.717) is 13.2 Å². The van der Waals surface area contributed by atoms with E-state index in [4.69, 9.17) is 14.6 Å². The highest BCUT2D eigenvalue weighted by atomic mass is 16.5. The lowest BCUT2D eigenvalue weighted by atomic mass is 10.2. The molecule has 0 saturated heterocycles. The van der Waals surface area contributed by atoms with Crippen molar-refractivity contribution in [2.45, 2.75) is 19.8 Å². The zero-order chi connectivity index (χ0) is 13.1. The Balaban J connectivity index is 2.20. The van der Waals surface area contributed by atoms with E-state index >= 15 is 0 Å². The average molecular weight is 253 g/mol. The lowest BCUT2D eigenvalue weighted by Crippen LogP contribution is -2.06.